The monoisotopic (exact) mass is 264 g/mol. The molecule has 0 spiro atoms. The zero-order valence-corrected chi connectivity index (χ0v) is 12.2. The number of hydrogen-bond donors (Lipinski definition) is 1. The van der Waals surface area contributed by atoms with E-state index < -0.39 is 6.10 Å². The molecule has 0 fully saturated rings. The Morgan fingerprint density at radius 3 is 2.63 bits per heavy atom. The number of aliphatic hydroxyl groups is 1. The molecule has 3 unspecified atom stereocenters. The van der Waals surface area contributed by atoms with Gasteiger partial charge >= 0.3 is 0 Å². The molecule has 0 aliphatic heterocycles. The van der Waals surface area contributed by atoms with Crippen molar-refractivity contribution in [3.8, 4) is 0 Å². The van der Waals surface area contributed by atoms with E-state index >= 15 is 0 Å². The topological polar surface area (TPSA) is 68.8 Å². The van der Waals surface area contributed by atoms with E-state index in [1.165, 1.54) is 11.1 Å². The fraction of sp³-hybridized carbons (Fsp3) is 0.562. The average molecular weight is 264 g/mol. The molecule has 0 amide bonds. The second-order valence-corrected chi connectivity index (χ2v) is 5.55. The summed E-state index contributed by atoms with van der Waals surface area (Å²) < 4.78 is 0. The van der Waals surface area contributed by atoms with E-state index in [4.69, 9.17) is 0 Å². The minimum atomic E-state index is -0.482. The number of aryl methyl sites for hydroxylation is 2. The molecule has 0 heterocycles. The predicted molar refractivity (Wildman–Crippen MR) is 76.2 cm³/mol. The SMILES string of the molecule is CCc1cc(C)c2c(c1)CC(C(C)C(C)=O)C2O.O. The van der Waals surface area contributed by atoms with E-state index in [1.54, 1.807) is 6.92 Å². The van der Waals surface area contributed by atoms with Gasteiger partial charge < -0.3 is 10.6 Å². The summed E-state index contributed by atoms with van der Waals surface area (Å²) in [6.45, 7) is 7.74. The van der Waals surface area contributed by atoms with Crippen molar-refractivity contribution in [2.24, 2.45) is 11.8 Å². The van der Waals surface area contributed by atoms with Gasteiger partial charge in [0.25, 0.3) is 0 Å². The maximum atomic E-state index is 11.5. The van der Waals surface area contributed by atoms with Gasteiger partial charge in [0.05, 0.1) is 6.10 Å². The highest BCUT2D eigenvalue weighted by Crippen LogP contribution is 2.42. The Morgan fingerprint density at radius 1 is 1.47 bits per heavy atom. The Balaban J connectivity index is 0.00000180. The van der Waals surface area contributed by atoms with Crippen LogP contribution in [0.25, 0.3) is 0 Å². The number of benzene rings is 1. The van der Waals surface area contributed by atoms with Gasteiger partial charge in [-0.25, -0.2) is 0 Å². The number of carbonyl (C=O) groups is 1. The molecule has 1 aliphatic carbocycles. The standard InChI is InChI=1S/C16H22O2.H2O/c1-5-12-6-9(2)15-13(7-12)8-14(16(15)18)10(3)11(4)17;/h6-7,10,14,16,18H,5,8H2,1-4H3;1H2. The van der Waals surface area contributed by atoms with Crippen LogP contribution in [-0.4, -0.2) is 16.4 Å². The lowest BCUT2D eigenvalue weighted by atomic mass is 9.86. The lowest BCUT2D eigenvalue weighted by Crippen LogP contribution is -2.22. The Hall–Kier alpha value is -1.19. The summed E-state index contributed by atoms with van der Waals surface area (Å²) in [5, 5.41) is 10.5. The van der Waals surface area contributed by atoms with E-state index in [-0.39, 0.29) is 23.1 Å². The Bertz CT molecular complexity index is 479. The van der Waals surface area contributed by atoms with E-state index in [1.807, 2.05) is 6.92 Å². The third kappa shape index (κ3) is 2.72. The van der Waals surface area contributed by atoms with Crippen LogP contribution in [0.5, 0.6) is 0 Å². The molecule has 0 saturated heterocycles. The number of rotatable bonds is 3. The highest BCUT2D eigenvalue weighted by Gasteiger charge is 2.37. The molecule has 1 aliphatic rings. The smallest absolute Gasteiger partial charge is 0.133 e. The number of ketones is 1. The number of fused-ring (bicyclic) bond motifs is 1. The van der Waals surface area contributed by atoms with Crippen molar-refractivity contribution < 1.29 is 15.4 Å². The average Bonchev–Trinajstić information content (AvgIpc) is 2.65. The zero-order chi connectivity index (χ0) is 13.4. The van der Waals surface area contributed by atoms with Crippen LogP contribution in [0.1, 0.15) is 49.1 Å². The third-order valence-electron chi connectivity index (χ3n) is 4.38. The lowest BCUT2D eigenvalue weighted by molar-refractivity contribution is -0.123. The Morgan fingerprint density at radius 2 is 2.11 bits per heavy atom. The first kappa shape index (κ1) is 15.9. The summed E-state index contributed by atoms with van der Waals surface area (Å²) in [5.74, 6) is 0.139. The molecule has 0 aromatic heterocycles. The molecule has 3 nitrogen and oxygen atoms in total. The third-order valence-corrected chi connectivity index (χ3v) is 4.38. The molecule has 0 radical (unpaired) electrons. The van der Waals surface area contributed by atoms with Crippen molar-refractivity contribution in [2.45, 2.75) is 46.6 Å². The number of hydrogen-bond acceptors (Lipinski definition) is 2. The molecule has 19 heavy (non-hydrogen) atoms. The van der Waals surface area contributed by atoms with Crippen molar-refractivity contribution in [1.82, 2.24) is 0 Å². The van der Waals surface area contributed by atoms with Crippen LogP contribution in [-0.2, 0) is 17.6 Å². The molecule has 3 heteroatoms. The van der Waals surface area contributed by atoms with E-state index in [9.17, 15) is 9.90 Å². The maximum absolute atomic E-state index is 11.5. The predicted octanol–water partition coefficient (Wildman–Crippen LogP) is 2.16. The molecular formula is C16H24O3. The summed E-state index contributed by atoms with van der Waals surface area (Å²) in [6.07, 6.45) is 1.35. The van der Waals surface area contributed by atoms with Gasteiger partial charge in [0, 0.05) is 11.8 Å². The number of aliphatic hydroxyl groups excluding tert-OH is 1. The minimum absolute atomic E-state index is 0. The quantitative estimate of drug-likeness (QED) is 0.909. The van der Waals surface area contributed by atoms with Gasteiger partial charge in [-0.2, -0.15) is 0 Å². The fourth-order valence-electron chi connectivity index (χ4n) is 3.08. The first-order valence-electron chi connectivity index (χ1n) is 6.76. The molecule has 0 bridgehead atoms. The number of carbonyl (C=O) groups excluding carboxylic acids is 1. The van der Waals surface area contributed by atoms with Crippen LogP contribution in [0.15, 0.2) is 12.1 Å². The van der Waals surface area contributed by atoms with Crippen molar-refractivity contribution in [3.05, 3.63) is 34.4 Å². The molecule has 3 N–H and O–H groups in total. The highest BCUT2D eigenvalue weighted by atomic mass is 16.3. The first-order chi connectivity index (χ1) is 8.45. The first-order valence-corrected chi connectivity index (χ1v) is 6.76. The van der Waals surface area contributed by atoms with Crippen molar-refractivity contribution in [3.63, 3.8) is 0 Å². The minimum Gasteiger partial charge on any atom is -0.412 e. The van der Waals surface area contributed by atoms with Crippen LogP contribution in [0.2, 0.25) is 0 Å². The molecule has 1 aromatic rings. The van der Waals surface area contributed by atoms with E-state index in [2.05, 4.69) is 26.0 Å². The zero-order valence-electron chi connectivity index (χ0n) is 12.2. The largest absolute Gasteiger partial charge is 0.412 e. The molecule has 0 saturated carbocycles. The van der Waals surface area contributed by atoms with E-state index in [0.29, 0.717) is 0 Å². The van der Waals surface area contributed by atoms with Gasteiger partial charge in [0.1, 0.15) is 5.78 Å². The van der Waals surface area contributed by atoms with Crippen LogP contribution < -0.4 is 0 Å². The summed E-state index contributed by atoms with van der Waals surface area (Å²) in [6, 6.07) is 4.35. The van der Waals surface area contributed by atoms with Crippen LogP contribution in [0, 0.1) is 18.8 Å². The van der Waals surface area contributed by atoms with Gasteiger partial charge in [-0.3, -0.25) is 4.79 Å². The van der Waals surface area contributed by atoms with Crippen molar-refractivity contribution >= 4 is 5.78 Å². The highest BCUT2D eigenvalue weighted by molar-refractivity contribution is 5.78. The lowest BCUT2D eigenvalue weighted by Gasteiger charge is -2.20. The Labute approximate surface area is 115 Å². The summed E-state index contributed by atoms with van der Waals surface area (Å²) in [7, 11) is 0. The molecule has 106 valence electrons. The fourth-order valence-corrected chi connectivity index (χ4v) is 3.08. The summed E-state index contributed by atoms with van der Waals surface area (Å²) in [4.78, 5) is 11.5. The van der Waals surface area contributed by atoms with Crippen LogP contribution in [0.3, 0.4) is 0 Å². The van der Waals surface area contributed by atoms with Gasteiger partial charge in [0.2, 0.25) is 0 Å². The van der Waals surface area contributed by atoms with Gasteiger partial charge in [-0.1, -0.05) is 26.0 Å². The van der Waals surface area contributed by atoms with Crippen LogP contribution in [0.4, 0.5) is 0 Å². The Kier molecular flexibility index (Phi) is 4.88. The normalized spacial score (nSPS) is 22.6. The molecule has 1 aromatic carbocycles. The van der Waals surface area contributed by atoms with Crippen LogP contribution >= 0.6 is 0 Å². The maximum Gasteiger partial charge on any atom is 0.133 e. The van der Waals surface area contributed by atoms with Gasteiger partial charge in [-0.15, -0.1) is 0 Å². The van der Waals surface area contributed by atoms with Crippen molar-refractivity contribution in [1.29, 1.82) is 0 Å². The molecular weight excluding hydrogens is 240 g/mol. The van der Waals surface area contributed by atoms with Gasteiger partial charge in [0.15, 0.2) is 0 Å². The second kappa shape index (κ2) is 5.85. The van der Waals surface area contributed by atoms with Crippen molar-refractivity contribution in [2.75, 3.05) is 0 Å². The molecule has 2 rings (SSSR count). The van der Waals surface area contributed by atoms with Gasteiger partial charge in [-0.05, 0) is 48.9 Å². The second-order valence-electron chi connectivity index (χ2n) is 5.55. The summed E-state index contributed by atoms with van der Waals surface area (Å²) in [5.41, 5.74) is 4.77. The number of Topliss-reactive ketones (excluding diaryl/α,β-unsaturated/α-hetero) is 1. The summed E-state index contributed by atoms with van der Waals surface area (Å²) >= 11 is 0. The molecule has 3 atom stereocenters. The van der Waals surface area contributed by atoms with E-state index in [0.717, 1.165) is 24.0 Å².